The molecule has 3 aromatic rings. The zero-order valence-corrected chi connectivity index (χ0v) is 18.6. The summed E-state index contributed by atoms with van der Waals surface area (Å²) in [4.78, 5) is 24.9. The number of aryl methyl sites for hydroxylation is 2. The molecule has 0 amide bonds. The van der Waals surface area contributed by atoms with E-state index in [1.54, 1.807) is 25.1 Å². The first-order valence-electron chi connectivity index (χ1n) is 10.4. The molecule has 6 heteroatoms. The number of fused-ring (bicyclic) bond motifs is 1. The molecule has 0 fully saturated rings. The van der Waals surface area contributed by atoms with Crippen LogP contribution in [0.4, 0.5) is 0 Å². The second-order valence-electron chi connectivity index (χ2n) is 8.12. The monoisotopic (exact) mass is 424 g/mol. The minimum Gasteiger partial charge on any atom is -0.479 e. The van der Waals surface area contributed by atoms with Gasteiger partial charge in [-0.25, -0.2) is 4.79 Å². The third-order valence-corrected chi connectivity index (χ3v) is 4.72. The average molecular weight is 424 g/mol. The zero-order chi connectivity index (χ0) is 22.5. The van der Waals surface area contributed by atoms with E-state index < -0.39 is 12.1 Å². The second kappa shape index (κ2) is 9.69. The summed E-state index contributed by atoms with van der Waals surface area (Å²) in [5.74, 6) is 1.12. The lowest BCUT2D eigenvalue weighted by atomic mass is 10.1. The first kappa shape index (κ1) is 22.4. The Kier molecular flexibility index (Phi) is 7.00. The van der Waals surface area contributed by atoms with Crippen molar-refractivity contribution in [1.29, 1.82) is 0 Å². The van der Waals surface area contributed by atoms with Crippen LogP contribution in [0.2, 0.25) is 0 Å². The summed E-state index contributed by atoms with van der Waals surface area (Å²) in [5, 5.41) is 0.362. The van der Waals surface area contributed by atoms with Crippen LogP contribution in [0.15, 0.2) is 51.9 Å². The van der Waals surface area contributed by atoms with Crippen LogP contribution < -0.4 is 14.9 Å². The molecule has 0 spiro atoms. The van der Waals surface area contributed by atoms with Crippen LogP contribution in [-0.4, -0.2) is 18.7 Å². The molecule has 164 valence electrons. The molecule has 0 aliphatic rings. The van der Waals surface area contributed by atoms with Gasteiger partial charge in [-0.1, -0.05) is 19.9 Å². The van der Waals surface area contributed by atoms with Crippen molar-refractivity contribution in [3.05, 3.63) is 64.0 Å². The Bertz CT molecular complexity index is 1110. The number of hydrogen-bond donors (Lipinski definition) is 0. The Balaban J connectivity index is 1.74. The minimum atomic E-state index is -0.775. The molecule has 2 aromatic carbocycles. The first-order valence-corrected chi connectivity index (χ1v) is 10.4. The van der Waals surface area contributed by atoms with Crippen molar-refractivity contribution < 1.29 is 23.4 Å². The Morgan fingerprint density at radius 1 is 1.00 bits per heavy atom. The smallest absolute Gasteiger partial charge is 0.347 e. The number of rotatable bonds is 8. The highest BCUT2D eigenvalue weighted by Crippen LogP contribution is 2.26. The lowest BCUT2D eigenvalue weighted by Gasteiger charge is -2.15. The van der Waals surface area contributed by atoms with E-state index >= 15 is 0 Å². The van der Waals surface area contributed by atoms with E-state index in [-0.39, 0.29) is 11.2 Å². The van der Waals surface area contributed by atoms with Gasteiger partial charge in [0.15, 0.2) is 6.10 Å². The number of carbonyl (C=O) groups is 1. The Labute approximate surface area is 181 Å². The molecule has 0 saturated heterocycles. The summed E-state index contributed by atoms with van der Waals surface area (Å²) in [5.41, 5.74) is 2.14. The van der Waals surface area contributed by atoms with Gasteiger partial charge in [0, 0.05) is 6.07 Å². The van der Waals surface area contributed by atoms with Gasteiger partial charge < -0.3 is 18.6 Å². The average Bonchev–Trinajstić information content (AvgIpc) is 2.69. The molecule has 1 aromatic heterocycles. The van der Waals surface area contributed by atoms with Crippen molar-refractivity contribution in [2.75, 3.05) is 6.61 Å². The van der Waals surface area contributed by atoms with E-state index in [2.05, 4.69) is 13.8 Å². The molecule has 1 heterocycles. The van der Waals surface area contributed by atoms with Gasteiger partial charge in [-0.2, -0.15) is 0 Å². The van der Waals surface area contributed by atoms with Crippen LogP contribution >= 0.6 is 0 Å². The molecule has 0 aliphatic carbocycles. The summed E-state index contributed by atoms with van der Waals surface area (Å²) in [6.07, 6.45) is 1.31. The maximum atomic E-state index is 12.8. The summed E-state index contributed by atoms with van der Waals surface area (Å²) < 4.78 is 22.3. The standard InChI is InChI=1S/C25H28O6/c1-15(2)8-9-28-25(27)18(5)30-19-6-7-21-22(13-19)29-14-23(24(21)26)31-20-11-16(3)10-17(4)12-20/h6-7,10-15,18H,8-9H2,1-5H3/t18-/m1/s1. The number of benzene rings is 2. The van der Waals surface area contributed by atoms with E-state index in [1.807, 2.05) is 32.0 Å². The van der Waals surface area contributed by atoms with Gasteiger partial charge in [0.05, 0.1) is 12.0 Å². The molecule has 0 unspecified atom stereocenters. The normalized spacial score (nSPS) is 12.1. The molecule has 0 radical (unpaired) electrons. The maximum absolute atomic E-state index is 12.8. The highest BCUT2D eigenvalue weighted by Gasteiger charge is 2.18. The number of hydrogen-bond acceptors (Lipinski definition) is 6. The number of carbonyl (C=O) groups excluding carboxylic acids is 1. The van der Waals surface area contributed by atoms with Crippen LogP contribution in [-0.2, 0) is 9.53 Å². The van der Waals surface area contributed by atoms with E-state index in [1.165, 1.54) is 6.26 Å². The summed E-state index contributed by atoms with van der Waals surface area (Å²) >= 11 is 0. The van der Waals surface area contributed by atoms with Gasteiger partial charge in [-0.3, -0.25) is 4.79 Å². The molecular weight excluding hydrogens is 396 g/mol. The Morgan fingerprint density at radius 3 is 2.39 bits per heavy atom. The fourth-order valence-electron chi connectivity index (χ4n) is 3.12. The third kappa shape index (κ3) is 5.87. The molecule has 31 heavy (non-hydrogen) atoms. The van der Waals surface area contributed by atoms with Gasteiger partial charge in [-0.05, 0) is 68.5 Å². The van der Waals surface area contributed by atoms with Crippen molar-refractivity contribution in [3.8, 4) is 17.2 Å². The summed E-state index contributed by atoms with van der Waals surface area (Å²) in [6.45, 7) is 10.0. The van der Waals surface area contributed by atoms with Gasteiger partial charge in [0.1, 0.15) is 23.3 Å². The van der Waals surface area contributed by atoms with Crippen molar-refractivity contribution in [1.82, 2.24) is 0 Å². The lowest BCUT2D eigenvalue weighted by Crippen LogP contribution is -2.26. The topological polar surface area (TPSA) is 75.0 Å². The molecule has 6 nitrogen and oxygen atoms in total. The van der Waals surface area contributed by atoms with Crippen molar-refractivity contribution in [2.45, 2.75) is 47.1 Å². The predicted octanol–water partition coefficient (Wildman–Crippen LogP) is 5.56. The second-order valence-corrected chi connectivity index (χ2v) is 8.12. The first-order chi connectivity index (χ1) is 14.7. The van der Waals surface area contributed by atoms with Crippen molar-refractivity contribution in [2.24, 2.45) is 5.92 Å². The third-order valence-electron chi connectivity index (χ3n) is 4.72. The SMILES string of the molecule is Cc1cc(C)cc(Oc2coc3cc(O[C@H](C)C(=O)OCCC(C)C)ccc3c2=O)c1. The number of ether oxygens (including phenoxy) is 3. The van der Waals surface area contributed by atoms with Gasteiger partial charge in [0.2, 0.25) is 11.2 Å². The molecule has 3 rings (SSSR count). The van der Waals surface area contributed by atoms with Crippen LogP contribution in [0.5, 0.6) is 17.2 Å². The van der Waals surface area contributed by atoms with Gasteiger partial charge in [-0.15, -0.1) is 0 Å². The van der Waals surface area contributed by atoms with Gasteiger partial charge >= 0.3 is 5.97 Å². The molecule has 0 N–H and O–H groups in total. The zero-order valence-electron chi connectivity index (χ0n) is 18.6. The quantitative estimate of drug-likeness (QED) is 0.441. The molecular formula is C25H28O6. The Hall–Kier alpha value is -3.28. The lowest BCUT2D eigenvalue weighted by molar-refractivity contribution is -0.151. The van der Waals surface area contributed by atoms with Crippen LogP contribution in [0.1, 0.15) is 38.3 Å². The van der Waals surface area contributed by atoms with Crippen LogP contribution in [0.3, 0.4) is 0 Å². The van der Waals surface area contributed by atoms with E-state index in [4.69, 9.17) is 18.6 Å². The van der Waals surface area contributed by atoms with Crippen LogP contribution in [0.25, 0.3) is 11.0 Å². The highest BCUT2D eigenvalue weighted by molar-refractivity contribution is 5.79. The summed E-state index contributed by atoms with van der Waals surface area (Å²) in [6, 6.07) is 10.5. The predicted molar refractivity (Wildman–Crippen MR) is 119 cm³/mol. The maximum Gasteiger partial charge on any atom is 0.347 e. The fourth-order valence-corrected chi connectivity index (χ4v) is 3.12. The molecule has 0 bridgehead atoms. The van der Waals surface area contributed by atoms with Gasteiger partial charge in [0.25, 0.3) is 0 Å². The van der Waals surface area contributed by atoms with Crippen LogP contribution in [0, 0.1) is 19.8 Å². The number of esters is 1. The van der Waals surface area contributed by atoms with Crippen molar-refractivity contribution in [3.63, 3.8) is 0 Å². The molecule has 1 atom stereocenters. The Morgan fingerprint density at radius 2 is 1.71 bits per heavy atom. The minimum absolute atomic E-state index is 0.105. The van der Waals surface area contributed by atoms with Crippen molar-refractivity contribution >= 4 is 16.9 Å². The largest absolute Gasteiger partial charge is 0.479 e. The molecule has 0 saturated carbocycles. The highest BCUT2D eigenvalue weighted by atomic mass is 16.6. The summed E-state index contributed by atoms with van der Waals surface area (Å²) in [7, 11) is 0. The molecule has 0 aliphatic heterocycles. The van der Waals surface area contributed by atoms with E-state index in [9.17, 15) is 9.59 Å². The van der Waals surface area contributed by atoms with E-state index in [0.717, 1.165) is 17.5 Å². The fraction of sp³-hybridized carbons (Fsp3) is 0.360. The van der Waals surface area contributed by atoms with E-state index in [0.29, 0.717) is 35.0 Å².